The second-order valence-electron chi connectivity index (χ2n) is 6.27. The van der Waals surface area contributed by atoms with Gasteiger partial charge in [0.25, 0.3) is 0 Å². The lowest BCUT2D eigenvalue weighted by Crippen LogP contribution is -2.25. The van der Waals surface area contributed by atoms with Crippen molar-refractivity contribution in [2.75, 3.05) is 13.1 Å². The van der Waals surface area contributed by atoms with E-state index in [1.807, 2.05) is 0 Å². The van der Waals surface area contributed by atoms with Gasteiger partial charge in [-0.1, -0.05) is 51.5 Å². The fourth-order valence-corrected chi connectivity index (χ4v) is 2.85. The Bertz CT molecular complexity index is 381. The van der Waals surface area contributed by atoms with Crippen molar-refractivity contribution in [3.8, 4) is 0 Å². The quantitative estimate of drug-likeness (QED) is 0.700. The minimum absolute atomic E-state index is 0.643. The maximum Gasteiger partial charge on any atom is -0.00174 e. The second kappa shape index (κ2) is 7.09. The number of nitrogens with one attached hydrogen (secondary N) is 1. The summed E-state index contributed by atoms with van der Waals surface area (Å²) in [4.78, 5) is 0. The Labute approximate surface area is 118 Å². The molecule has 1 aromatic carbocycles. The molecule has 0 heterocycles. The van der Waals surface area contributed by atoms with Crippen molar-refractivity contribution in [2.24, 2.45) is 5.92 Å². The maximum absolute atomic E-state index is 3.55. The van der Waals surface area contributed by atoms with Crippen LogP contribution in [-0.4, -0.2) is 13.1 Å². The van der Waals surface area contributed by atoms with Crippen molar-refractivity contribution in [2.45, 2.75) is 58.3 Å². The van der Waals surface area contributed by atoms with E-state index in [0.29, 0.717) is 11.8 Å². The van der Waals surface area contributed by atoms with Gasteiger partial charge in [-0.05, 0) is 61.2 Å². The average molecular weight is 259 g/mol. The van der Waals surface area contributed by atoms with Crippen LogP contribution in [0, 0.1) is 5.92 Å². The molecule has 2 unspecified atom stereocenters. The normalized spacial score (nSPS) is 18.9. The molecule has 1 fully saturated rings. The van der Waals surface area contributed by atoms with Crippen LogP contribution in [0.2, 0.25) is 0 Å². The van der Waals surface area contributed by atoms with Gasteiger partial charge >= 0.3 is 0 Å². The summed E-state index contributed by atoms with van der Waals surface area (Å²) < 4.78 is 0. The number of hydrogen-bond acceptors (Lipinski definition) is 1. The molecule has 0 spiro atoms. The molecule has 1 saturated carbocycles. The van der Waals surface area contributed by atoms with E-state index >= 15 is 0 Å². The van der Waals surface area contributed by atoms with E-state index in [1.165, 1.54) is 31.2 Å². The predicted molar refractivity (Wildman–Crippen MR) is 83.8 cm³/mol. The van der Waals surface area contributed by atoms with Crippen LogP contribution in [0.1, 0.15) is 69.4 Å². The first-order valence-electron chi connectivity index (χ1n) is 8.03. The van der Waals surface area contributed by atoms with Crippen molar-refractivity contribution in [3.63, 3.8) is 0 Å². The SMILES string of the molecule is CCCNCC(C)C(C)c1cccc(C2CCC2)c1. The third-order valence-corrected chi connectivity index (χ3v) is 4.76. The molecule has 2 rings (SSSR count). The standard InChI is InChI=1S/C18H29N/c1-4-11-19-13-14(2)15(3)17-9-6-10-18(12-17)16-7-5-8-16/h6,9-10,12,14-16,19H,4-5,7-8,11,13H2,1-3H3. The van der Waals surface area contributed by atoms with Gasteiger partial charge in [-0.3, -0.25) is 0 Å². The van der Waals surface area contributed by atoms with Crippen LogP contribution in [0.25, 0.3) is 0 Å². The summed E-state index contributed by atoms with van der Waals surface area (Å²) in [7, 11) is 0. The molecule has 1 N–H and O–H groups in total. The fraction of sp³-hybridized carbons (Fsp3) is 0.667. The highest BCUT2D eigenvalue weighted by Crippen LogP contribution is 2.37. The Morgan fingerprint density at radius 1 is 1.26 bits per heavy atom. The van der Waals surface area contributed by atoms with E-state index in [0.717, 1.165) is 19.0 Å². The molecule has 19 heavy (non-hydrogen) atoms. The predicted octanol–water partition coefficient (Wildman–Crippen LogP) is 4.69. The first-order chi connectivity index (χ1) is 9.22. The molecular formula is C18H29N. The summed E-state index contributed by atoms with van der Waals surface area (Å²) in [6, 6.07) is 9.35. The van der Waals surface area contributed by atoms with E-state index in [2.05, 4.69) is 50.4 Å². The highest BCUT2D eigenvalue weighted by Gasteiger charge is 2.21. The molecule has 0 amide bonds. The molecule has 1 aliphatic carbocycles. The maximum atomic E-state index is 3.55. The molecule has 0 saturated heterocycles. The minimum Gasteiger partial charge on any atom is -0.316 e. The summed E-state index contributed by atoms with van der Waals surface area (Å²) >= 11 is 0. The molecule has 1 aromatic rings. The van der Waals surface area contributed by atoms with Gasteiger partial charge in [-0.15, -0.1) is 0 Å². The van der Waals surface area contributed by atoms with Crippen molar-refractivity contribution in [1.82, 2.24) is 5.32 Å². The average Bonchev–Trinajstić information content (AvgIpc) is 2.36. The Hall–Kier alpha value is -0.820. The van der Waals surface area contributed by atoms with Crippen molar-refractivity contribution in [1.29, 1.82) is 0 Å². The molecule has 106 valence electrons. The molecule has 0 bridgehead atoms. The summed E-state index contributed by atoms with van der Waals surface area (Å²) in [6.07, 6.45) is 5.43. The van der Waals surface area contributed by atoms with Gasteiger partial charge in [-0.25, -0.2) is 0 Å². The van der Waals surface area contributed by atoms with Crippen LogP contribution >= 0.6 is 0 Å². The number of benzene rings is 1. The van der Waals surface area contributed by atoms with Gasteiger partial charge in [0.05, 0.1) is 0 Å². The lowest BCUT2D eigenvalue weighted by atomic mass is 9.78. The Morgan fingerprint density at radius 3 is 2.68 bits per heavy atom. The number of rotatable bonds is 7. The summed E-state index contributed by atoms with van der Waals surface area (Å²) in [5, 5.41) is 3.55. The van der Waals surface area contributed by atoms with Gasteiger partial charge in [0.1, 0.15) is 0 Å². The zero-order chi connectivity index (χ0) is 13.7. The minimum atomic E-state index is 0.643. The van der Waals surface area contributed by atoms with Gasteiger partial charge in [0.15, 0.2) is 0 Å². The zero-order valence-electron chi connectivity index (χ0n) is 12.8. The molecule has 1 nitrogen and oxygen atoms in total. The van der Waals surface area contributed by atoms with Crippen LogP contribution < -0.4 is 5.32 Å². The molecule has 0 radical (unpaired) electrons. The van der Waals surface area contributed by atoms with Crippen LogP contribution in [-0.2, 0) is 0 Å². The van der Waals surface area contributed by atoms with E-state index in [1.54, 1.807) is 5.56 Å². The molecule has 2 atom stereocenters. The van der Waals surface area contributed by atoms with Crippen LogP contribution in [0.4, 0.5) is 0 Å². The fourth-order valence-electron chi connectivity index (χ4n) is 2.85. The van der Waals surface area contributed by atoms with E-state index in [-0.39, 0.29) is 0 Å². The number of hydrogen-bond donors (Lipinski definition) is 1. The topological polar surface area (TPSA) is 12.0 Å². The highest BCUT2D eigenvalue weighted by atomic mass is 14.8. The first kappa shape index (κ1) is 14.6. The van der Waals surface area contributed by atoms with Crippen molar-refractivity contribution >= 4 is 0 Å². The highest BCUT2D eigenvalue weighted by molar-refractivity contribution is 5.30. The molecule has 1 heteroatoms. The third kappa shape index (κ3) is 3.82. The van der Waals surface area contributed by atoms with Gasteiger partial charge in [0, 0.05) is 0 Å². The molecule has 0 aromatic heterocycles. The van der Waals surface area contributed by atoms with E-state index in [4.69, 9.17) is 0 Å². The first-order valence-corrected chi connectivity index (χ1v) is 8.03. The van der Waals surface area contributed by atoms with Crippen LogP contribution in [0.5, 0.6) is 0 Å². The van der Waals surface area contributed by atoms with E-state index < -0.39 is 0 Å². The summed E-state index contributed by atoms with van der Waals surface area (Å²) in [6.45, 7) is 9.23. The summed E-state index contributed by atoms with van der Waals surface area (Å²) in [5.41, 5.74) is 3.10. The zero-order valence-corrected chi connectivity index (χ0v) is 12.8. The lowest BCUT2D eigenvalue weighted by molar-refractivity contribution is 0.417. The van der Waals surface area contributed by atoms with Gasteiger partial charge in [-0.2, -0.15) is 0 Å². The Kier molecular flexibility index (Phi) is 5.45. The molecular weight excluding hydrogens is 230 g/mol. The smallest absolute Gasteiger partial charge is 0.00174 e. The lowest BCUT2D eigenvalue weighted by Gasteiger charge is -2.27. The van der Waals surface area contributed by atoms with Gasteiger partial charge in [0.2, 0.25) is 0 Å². The molecule has 1 aliphatic rings. The van der Waals surface area contributed by atoms with Crippen LogP contribution in [0.15, 0.2) is 24.3 Å². The monoisotopic (exact) mass is 259 g/mol. The Balaban J connectivity index is 1.95. The molecule has 0 aliphatic heterocycles. The second-order valence-corrected chi connectivity index (χ2v) is 6.27. The van der Waals surface area contributed by atoms with Gasteiger partial charge < -0.3 is 5.32 Å². The van der Waals surface area contributed by atoms with Crippen LogP contribution in [0.3, 0.4) is 0 Å². The Morgan fingerprint density at radius 2 is 2.05 bits per heavy atom. The summed E-state index contributed by atoms with van der Waals surface area (Å²) in [5.74, 6) is 2.19. The van der Waals surface area contributed by atoms with Crippen molar-refractivity contribution < 1.29 is 0 Å². The van der Waals surface area contributed by atoms with Crippen molar-refractivity contribution in [3.05, 3.63) is 35.4 Å². The van der Waals surface area contributed by atoms with E-state index in [9.17, 15) is 0 Å². The largest absolute Gasteiger partial charge is 0.316 e. The third-order valence-electron chi connectivity index (χ3n) is 4.76.